The lowest BCUT2D eigenvalue weighted by Gasteiger charge is -2.09. The Labute approximate surface area is 109 Å². The molecular weight excluding hydrogens is 242 g/mol. The van der Waals surface area contributed by atoms with Gasteiger partial charge in [-0.2, -0.15) is 0 Å². The van der Waals surface area contributed by atoms with Gasteiger partial charge in [0.15, 0.2) is 5.82 Å². The third kappa shape index (κ3) is 2.28. The highest BCUT2D eigenvalue weighted by molar-refractivity contribution is 5.90. The molecule has 0 radical (unpaired) electrons. The van der Waals surface area contributed by atoms with E-state index in [1.807, 2.05) is 30.3 Å². The Hall–Kier alpha value is -2.40. The summed E-state index contributed by atoms with van der Waals surface area (Å²) in [5, 5.41) is 13.0. The van der Waals surface area contributed by atoms with Gasteiger partial charge in [-0.3, -0.25) is 0 Å². The predicted octanol–water partition coefficient (Wildman–Crippen LogP) is 2.29. The molecule has 0 aliphatic rings. The molecule has 3 aromatic rings. The first kappa shape index (κ1) is 11.7. The van der Waals surface area contributed by atoms with Gasteiger partial charge in [-0.1, -0.05) is 12.1 Å². The van der Waals surface area contributed by atoms with E-state index in [4.69, 9.17) is 9.52 Å². The Bertz CT molecular complexity index is 680. The Morgan fingerprint density at radius 1 is 1.16 bits per heavy atom. The van der Waals surface area contributed by atoms with Crippen molar-refractivity contribution in [2.45, 2.75) is 0 Å². The number of furan rings is 1. The second kappa shape index (κ2) is 5.07. The minimum absolute atomic E-state index is 0.0549. The van der Waals surface area contributed by atoms with Crippen molar-refractivity contribution in [1.29, 1.82) is 0 Å². The van der Waals surface area contributed by atoms with E-state index < -0.39 is 0 Å². The molecule has 2 N–H and O–H groups in total. The zero-order valence-corrected chi connectivity index (χ0v) is 10.2. The molecule has 3 rings (SSSR count). The van der Waals surface area contributed by atoms with Crippen molar-refractivity contribution in [3.8, 4) is 11.4 Å². The summed E-state index contributed by atoms with van der Waals surface area (Å²) in [6.45, 7) is 0.505. The van der Waals surface area contributed by atoms with E-state index in [0.29, 0.717) is 12.4 Å². The zero-order valence-electron chi connectivity index (χ0n) is 10.2. The maximum atomic E-state index is 8.93. The van der Waals surface area contributed by atoms with Gasteiger partial charge >= 0.3 is 0 Å². The van der Waals surface area contributed by atoms with E-state index in [-0.39, 0.29) is 6.61 Å². The quantitative estimate of drug-likeness (QED) is 0.748. The highest BCUT2D eigenvalue weighted by atomic mass is 16.3. The lowest BCUT2D eigenvalue weighted by molar-refractivity contribution is 0.311. The van der Waals surface area contributed by atoms with Crippen molar-refractivity contribution in [1.82, 2.24) is 9.97 Å². The largest absolute Gasteiger partial charge is 0.472 e. The molecular formula is C14H13N3O2. The van der Waals surface area contributed by atoms with Crippen LogP contribution in [0.5, 0.6) is 0 Å². The first-order chi connectivity index (χ1) is 9.38. The fourth-order valence-electron chi connectivity index (χ4n) is 1.91. The summed E-state index contributed by atoms with van der Waals surface area (Å²) in [4.78, 5) is 9.00. The standard InChI is InChI=1S/C14H13N3O2/c18-7-6-15-14-11-3-1-2-4-12(11)16-13(17-14)10-5-8-19-9-10/h1-5,8-9,18H,6-7H2,(H,15,16,17). The fourth-order valence-corrected chi connectivity index (χ4v) is 1.91. The first-order valence-corrected chi connectivity index (χ1v) is 6.02. The van der Waals surface area contributed by atoms with Crippen LogP contribution in [0.1, 0.15) is 0 Å². The normalized spacial score (nSPS) is 10.8. The monoisotopic (exact) mass is 255 g/mol. The maximum absolute atomic E-state index is 8.93. The van der Waals surface area contributed by atoms with Crippen molar-refractivity contribution >= 4 is 16.7 Å². The number of nitrogens with one attached hydrogen (secondary N) is 1. The van der Waals surface area contributed by atoms with Crippen LogP contribution in [0.2, 0.25) is 0 Å². The fraction of sp³-hybridized carbons (Fsp3) is 0.143. The smallest absolute Gasteiger partial charge is 0.165 e. The minimum atomic E-state index is 0.0549. The SMILES string of the molecule is OCCNc1nc(-c2ccoc2)nc2ccccc12. The Balaban J connectivity index is 2.15. The van der Waals surface area contributed by atoms with Gasteiger partial charge in [-0.25, -0.2) is 9.97 Å². The number of para-hydroxylation sites is 1. The molecule has 0 aliphatic carbocycles. The number of aliphatic hydroxyl groups excluding tert-OH is 1. The first-order valence-electron chi connectivity index (χ1n) is 6.02. The van der Waals surface area contributed by atoms with E-state index >= 15 is 0 Å². The Morgan fingerprint density at radius 3 is 2.84 bits per heavy atom. The second-order valence-corrected chi connectivity index (χ2v) is 4.08. The number of hydrogen-bond donors (Lipinski definition) is 2. The molecule has 5 nitrogen and oxygen atoms in total. The van der Waals surface area contributed by atoms with E-state index in [1.54, 1.807) is 12.5 Å². The molecule has 0 fully saturated rings. The van der Waals surface area contributed by atoms with Crippen LogP contribution in [-0.2, 0) is 0 Å². The van der Waals surface area contributed by atoms with Gasteiger partial charge in [0.2, 0.25) is 0 Å². The summed E-state index contributed by atoms with van der Waals surface area (Å²) in [5.74, 6) is 1.32. The molecule has 0 spiro atoms. The molecule has 2 aromatic heterocycles. The van der Waals surface area contributed by atoms with Gasteiger partial charge in [-0.05, 0) is 18.2 Å². The summed E-state index contributed by atoms with van der Waals surface area (Å²) < 4.78 is 5.06. The summed E-state index contributed by atoms with van der Waals surface area (Å²) in [6, 6.07) is 9.58. The van der Waals surface area contributed by atoms with Crippen LogP contribution in [0, 0.1) is 0 Å². The van der Waals surface area contributed by atoms with E-state index in [2.05, 4.69) is 15.3 Å². The number of nitrogens with zero attached hydrogens (tertiary/aromatic N) is 2. The third-order valence-electron chi connectivity index (χ3n) is 2.79. The molecule has 2 heterocycles. The number of aliphatic hydroxyl groups is 1. The topological polar surface area (TPSA) is 71.2 Å². The molecule has 0 amide bonds. The molecule has 1 aromatic carbocycles. The van der Waals surface area contributed by atoms with Gasteiger partial charge in [0.05, 0.1) is 24.0 Å². The van der Waals surface area contributed by atoms with Crippen LogP contribution in [0.25, 0.3) is 22.3 Å². The van der Waals surface area contributed by atoms with Crippen molar-refractivity contribution in [2.24, 2.45) is 0 Å². The number of fused-ring (bicyclic) bond motifs is 1. The minimum Gasteiger partial charge on any atom is -0.472 e. The molecule has 0 saturated heterocycles. The van der Waals surface area contributed by atoms with Crippen molar-refractivity contribution in [2.75, 3.05) is 18.5 Å². The number of rotatable bonds is 4. The van der Waals surface area contributed by atoms with Gasteiger partial charge in [-0.15, -0.1) is 0 Å². The van der Waals surface area contributed by atoms with E-state index in [9.17, 15) is 0 Å². The average molecular weight is 255 g/mol. The van der Waals surface area contributed by atoms with E-state index in [0.717, 1.165) is 22.3 Å². The number of anilines is 1. The average Bonchev–Trinajstić information content (AvgIpc) is 2.98. The summed E-state index contributed by atoms with van der Waals surface area (Å²) in [6.07, 6.45) is 3.20. The zero-order chi connectivity index (χ0) is 13.1. The number of benzene rings is 1. The predicted molar refractivity (Wildman–Crippen MR) is 72.8 cm³/mol. The molecule has 0 unspecified atom stereocenters. The maximum Gasteiger partial charge on any atom is 0.165 e. The second-order valence-electron chi connectivity index (χ2n) is 4.08. The van der Waals surface area contributed by atoms with Crippen LogP contribution in [0.4, 0.5) is 5.82 Å². The van der Waals surface area contributed by atoms with Crippen molar-refractivity contribution in [3.05, 3.63) is 42.9 Å². The van der Waals surface area contributed by atoms with Gasteiger partial charge < -0.3 is 14.8 Å². The summed E-state index contributed by atoms with van der Waals surface area (Å²) in [5.41, 5.74) is 1.69. The lowest BCUT2D eigenvalue weighted by atomic mass is 10.2. The molecule has 0 saturated carbocycles. The molecule has 0 aliphatic heterocycles. The summed E-state index contributed by atoms with van der Waals surface area (Å²) >= 11 is 0. The van der Waals surface area contributed by atoms with Crippen LogP contribution in [0.15, 0.2) is 47.3 Å². The van der Waals surface area contributed by atoms with E-state index in [1.165, 1.54) is 0 Å². The number of hydrogen-bond acceptors (Lipinski definition) is 5. The molecule has 0 atom stereocenters. The Morgan fingerprint density at radius 2 is 2.05 bits per heavy atom. The van der Waals surface area contributed by atoms with Crippen LogP contribution < -0.4 is 5.32 Å². The number of aromatic nitrogens is 2. The van der Waals surface area contributed by atoms with Crippen molar-refractivity contribution in [3.63, 3.8) is 0 Å². The molecule has 5 heteroatoms. The highest BCUT2D eigenvalue weighted by Crippen LogP contribution is 2.24. The van der Waals surface area contributed by atoms with Gasteiger partial charge in [0, 0.05) is 11.9 Å². The van der Waals surface area contributed by atoms with Crippen LogP contribution in [-0.4, -0.2) is 28.2 Å². The van der Waals surface area contributed by atoms with Crippen LogP contribution in [0.3, 0.4) is 0 Å². The molecule has 19 heavy (non-hydrogen) atoms. The third-order valence-corrected chi connectivity index (χ3v) is 2.79. The van der Waals surface area contributed by atoms with Crippen molar-refractivity contribution < 1.29 is 9.52 Å². The molecule has 0 bridgehead atoms. The highest BCUT2D eigenvalue weighted by Gasteiger charge is 2.09. The Kier molecular flexibility index (Phi) is 3.12. The molecule has 96 valence electrons. The summed E-state index contributed by atoms with van der Waals surface area (Å²) in [7, 11) is 0. The van der Waals surface area contributed by atoms with Crippen LogP contribution >= 0.6 is 0 Å². The lowest BCUT2D eigenvalue weighted by Crippen LogP contribution is -2.08. The van der Waals surface area contributed by atoms with Gasteiger partial charge in [0.1, 0.15) is 12.1 Å². The van der Waals surface area contributed by atoms with Gasteiger partial charge in [0.25, 0.3) is 0 Å².